The molecule has 0 atom stereocenters. The molecule has 4 heterocycles. The molecule has 3 aliphatic rings. The van der Waals surface area contributed by atoms with Crippen molar-refractivity contribution in [2.75, 3.05) is 13.3 Å². The van der Waals surface area contributed by atoms with Gasteiger partial charge in [-0.1, -0.05) is 5.16 Å². The van der Waals surface area contributed by atoms with E-state index >= 15 is 0 Å². The Labute approximate surface area is 202 Å². The first-order valence-corrected chi connectivity index (χ1v) is 12.0. The molecule has 0 bridgehead atoms. The lowest BCUT2D eigenvalue weighted by molar-refractivity contribution is 0.0690. The van der Waals surface area contributed by atoms with E-state index in [0.717, 1.165) is 59.3 Å². The second-order valence-corrected chi connectivity index (χ2v) is 9.20. The zero-order chi connectivity index (χ0) is 23.9. The zero-order valence-electron chi connectivity index (χ0n) is 19.6. The average Bonchev–Trinajstić information content (AvgIpc) is 3.54. The van der Waals surface area contributed by atoms with Crippen molar-refractivity contribution >= 4 is 11.8 Å². The summed E-state index contributed by atoms with van der Waals surface area (Å²) < 4.78 is 16.2. The van der Waals surface area contributed by atoms with Crippen molar-refractivity contribution in [1.82, 2.24) is 20.4 Å². The van der Waals surface area contributed by atoms with Crippen molar-refractivity contribution in [1.29, 1.82) is 0 Å². The molecule has 0 unspecified atom stereocenters. The Morgan fingerprint density at radius 1 is 1.09 bits per heavy atom. The average molecular weight is 475 g/mol. The standard InChI is InChI=1S/C26H26N4O5/c1-15-20(12-28-25(31)16-6-7-22-23(10-16)34-14-33-22)18-8-9-30(13-17(18)11-27-15)26(32)24-19-4-2-3-5-21(19)29-35-24/h6-7,10-11H,2-5,8-9,12-14H2,1H3,(H,28,31). The van der Waals surface area contributed by atoms with Crippen molar-refractivity contribution in [3.05, 3.63) is 69.4 Å². The third kappa shape index (κ3) is 3.90. The first-order valence-electron chi connectivity index (χ1n) is 12.0. The fourth-order valence-corrected chi connectivity index (χ4v) is 5.14. The number of carbonyl (C=O) groups excluding carboxylic acids is 2. The highest BCUT2D eigenvalue weighted by Crippen LogP contribution is 2.33. The summed E-state index contributed by atoms with van der Waals surface area (Å²) in [5.74, 6) is 1.31. The third-order valence-electron chi connectivity index (χ3n) is 7.10. The van der Waals surface area contributed by atoms with Crippen LogP contribution in [0.2, 0.25) is 0 Å². The number of carbonyl (C=O) groups is 2. The molecule has 9 nitrogen and oxygen atoms in total. The quantitative estimate of drug-likeness (QED) is 0.619. The molecule has 3 aromatic rings. The smallest absolute Gasteiger partial charge is 0.293 e. The van der Waals surface area contributed by atoms with Gasteiger partial charge in [-0.15, -0.1) is 0 Å². The zero-order valence-corrected chi connectivity index (χ0v) is 19.6. The van der Waals surface area contributed by atoms with Crippen LogP contribution in [0.1, 0.15) is 67.4 Å². The molecule has 180 valence electrons. The van der Waals surface area contributed by atoms with Crippen molar-refractivity contribution in [2.24, 2.45) is 0 Å². The van der Waals surface area contributed by atoms with Gasteiger partial charge in [0.25, 0.3) is 11.8 Å². The van der Waals surface area contributed by atoms with E-state index in [9.17, 15) is 9.59 Å². The van der Waals surface area contributed by atoms with Gasteiger partial charge < -0.3 is 24.2 Å². The third-order valence-corrected chi connectivity index (χ3v) is 7.10. The van der Waals surface area contributed by atoms with Gasteiger partial charge in [-0.25, -0.2) is 0 Å². The molecule has 2 aliphatic heterocycles. The maximum atomic E-state index is 13.2. The van der Waals surface area contributed by atoms with Gasteiger partial charge in [0.1, 0.15) is 0 Å². The van der Waals surface area contributed by atoms with E-state index in [1.165, 1.54) is 0 Å². The molecule has 2 aromatic heterocycles. The van der Waals surface area contributed by atoms with Crippen LogP contribution in [0.15, 0.2) is 28.9 Å². The number of pyridine rings is 1. The van der Waals surface area contributed by atoms with Gasteiger partial charge in [0.15, 0.2) is 11.5 Å². The maximum absolute atomic E-state index is 13.2. The normalized spacial score (nSPS) is 16.0. The number of nitrogens with zero attached hydrogens (tertiary/aromatic N) is 3. The van der Waals surface area contributed by atoms with Crippen molar-refractivity contribution in [3.63, 3.8) is 0 Å². The van der Waals surface area contributed by atoms with Gasteiger partial charge >= 0.3 is 0 Å². The Morgan fingerprint density at radius 3 is 2.86 bits per heavy atom. The summed E-state index contributed by atoms with van der Waals surface area (Å²) in [6.07, 6.45) is 6.39. The van der Waals surface area contributed by atoms with E-state index in [2.05, 4.69) is 15.5 Å². The number of hydrogen-bond donors (Lipinski definition) is 1. The Balaban J connectivity index is 1.17. The molecule has 2 amide bonds. The minimum absolute atomic E-state index is 0.107. The number of ether oxygens (including phenoxy) is 2. The number of aromatic nitrogens is 2. The van der Waals surface area contributed by atoms with E-state index in [1.54, 1.807) is 18.2 Å². The fourth-order valence-electron chi connectivity index (χ4n) is 5.14. The molecular weight excluding hydrogens is 448 g/mol. The predicted octanol–water partition coefficient (Wildman–Crippen LogP) is 3.11. The predicted molar refractivity (Wildman–Crippen MR) is 124 cm³/mol. The van der Waals surface area contributed by atoms with E-state index in [4.69, 9.17) is 14.0 Å². The van der Waals surface area contributed by atoms with Gasteiger partial charge in [0, 0.05) is 42.7 Å². The fraction of sp³-hybridized carbons (Fsp3) is 0.385. The topological polar surface area (TPSA) is 107 Å². The minimum atomic E-state index is -0.192. The number of amides is 2. The summed E-state index contributed by atoms with van der Waals surface area (Å²) in [4.78, 5) is 32.4. The summed E-state index contributed by atoms with van der Waals surface area (Å²) in [6, 6.07) is 5.15. The van der Waals surface area contributed by atoms with Crippen molar-refractivity contribution in [2.45, 2.75) is 52.1 Å². The van der Waals surface area contributed by atoms with E-state index in [-0.39, 0.29) is 18.6 Å². The second kappa shape index (κ2) is 8.72. The lowest BCUT2D eigenvalue weighted by atomic mass is 9.93. The van der Waals surface area contributed by atoms with Crippen LogP contribution < -0.4 is 14.8 Å². The lowest BCUT2D eigenvalue weighted by Gasteiger charge is -2.30. The van der Waals surface area contributed by atoms with Crippen LogP contribution in [0.3, 0.4) is 0 Å². The molecule has 9 heteroatoms. The number of fused-ring (bicyclic) bond motifs is 3. The first-order chi connectivity index (χ1) is 17.1. The maximum Gasteiger partial charge on any atom is 0.293 e. The molecule has 0 saturated heterocycles. The molecule has 35 heavy (non-hydrogen) atoms. The van der Waals surface area contributed by atoms with Crippen molar-refractivity contribution in [3.8, 4) is 11.5 Å². The van der Waals surface area contributed by atoms with Crippen LogP contribution in [0.5, 0.6) is 11.5 Å². The van der Waals surface area contributed by atoms with Crippen LogP contribution in [-0.2, 0) is 32.4 Å². The van der Waals surface area contributed by atoms with Gasteiger partial charge in [0.2, 0.25) is 12.6 Å². The number of hydrogen-bond acceptors (Lipinski definition) is 7. The van der Waals surface area contributed by atoms with Crippen LogP contribution in [0.4, 0.5) is 0 Å². The minimum Gasteiger partial charge on any atom is -0.454 e. The number of rotatable bonds is 4. The Hall–Kier alpha value is -3.88. The highest BCUT2D eigenvalue weighted by Gasteiger charge is 2.31. The summed E-state index contributed by atoms with van der Waals surface area (Å²) in [5.41, 5.74) is 6.43. The summed E-state index contributed by atoms with van der Waals surface area (Å²) >= 11 is 0. The number of nitrogens with one attached hydrogen (secondary N) is 1. The summed E-state index contributed by atoms with van der Waals surface area (Å²) in [6.45, 7) is 3.51. The van der Waals surface area contributed by atoms with Gasteiger partial charge in [-0.05, 0) is 73.9 Å². The SMILES string of the molecule is Cc1ncc2c(c1CNC(=O)c1ccc3c(c1)OCO3)CCN(C(=O)c1onc3c1CCCC3)C2. The first kappa shape index (κ1) is 21.6. The molecule has 6 rings (SSSR count). The molecule has 1 aliphatic carbocycles. The molecule has 0 radical (unpaired) electrons. The van der Waals surface area contributed by atoms with Crippen molar-refractivity contribution < 1.29 is 23.6 Å². The molecule has 0 saturated carbocycles. The molecular formula is C26H26N4O5. The molecule has 0 fully saturated rings. The van der Waals surface area contributed by atoms with Crippen LogP contribution in [-0.4, -0.2) is 40.2 Å². The molecule has 1 N–H and O–H groups in total. The van der Waals surface area contributed by atoms with Crippen LogP contribution in [0, 0.1) is 6.92 Å². The molecule has 1 aromatic carbocycles. The van der Waals surface area contributed by atoms with E-state index < -0.39 is 0 Å². The Bertz CT molecular complexity index is 1330. The van der Waals surface area contributed by atoms with Gasteiger partial charge in [-0.3, -0.25) is 14.6 Å². The second-order valence-electron chi connectivity index (χ2n) is 9.20. The lowest BCUT2D eigenvalue weighted by Crippen LogP contribution is -2.37. The van der Waals surface area contributed by atoms with Crippen LogP contribution in [0.25, 0.3) is 0 Å². The Morgan fingerprint density at radius 2 is 1.94 bits per heavy atom. The largest absolute Gasteiger partial charge is 0.454 e. The monoisotopic (exact) mass is 474 g/mol. The van der Waals surface area contributed by atoms with Crippen LogP contribution >= 0.6 is 0 Å². The van der Waals surface area contributed by atoms with Gasteiger partial charge in [-0.2, -0.15) is 0 Å². The number of benzene rings is 1. The van der Waals surface area contributed by atoms with Gasteiger partial charge in [0.05, 0.1) is 5.69 Å². The Kier molecular flexibility index (Phi) is 5.39. The van der Waals surface area contributed by atoms with E-state index in [1.807, 2.05) is 18.0 Å². The summed E-state index contributed by atoms with van der Waals surface area (Å²) in [5, 5.41) is 7.15. The molecule has 0 spiro atoms. The van der Waals surface area contributed by atoms with E-state index in [0.29, 0.717) is 48.9 Å². The highest BCUT2D eigenvalue weighted by atomic mass is 16.7. The number of aryl methyl sites for hydroxylation is 2. The summed E-state index contributed by atoms with van der Waals surface area (Å²) in [7, 11) is 0. The highest BCUT2D eigenvalue weighted by molar-refractivity contribution is 5.95.